The number of rotatable bonds is 3. The van der Waals surface area contributed by atoms with Crippen molar-refractivity contribution in [1.82, 2.24) is 0 Å². The van der Waals surface area contributed by atoms with Crippen molar-refractivity contribution in [3.63, 3.8) is 0 Å². The SMILES string of the molecule is Cc1ccc(-c2csc(NC(=O)C(F)(F)F)c2C(=O)O)o1. The van der Waals surface area contributed by atoms with Crippen LogP contribution in [0.3, 0.4) is 0 Å². The molecule has 1 amide bonds. The number of furan rings is 1. The molecule has 0 fully saturated rings. The summed E-state index contributed by atoms with van der Waals surface area (Å²) in [6.45, 7) is 1.64. The van der Waals surface area contributed by atoms with Crippen LogP contribution in [0.4, 0.5) is 18.2 Å². The number of hydrogen-bond acceptors (Lipinski definition) is 4. The zero-order valence-electron chi connectivity index (χ0n) is 10.4. The van der Waals surface area contributed by atoms with Crippen molar-refractivity contribution in [3.05, 3.63) is 28.8 Å². The van der Waals surface area contributed by atoms with Gasteiger partial charge >= 0.3 is 18.1 Å². The number of amides is 1. The molecule has 0 aliphatic heterocycles. The lowest BCUT2D eigenvalue weighted by Gasteiger charge is -2.07. The molecule has 0 radical (unpaired) electrons. The molecule has 21 heavy (non-hydrogen) atoms. The van der Waals surface area contributed by atoms with Gasteiger partial charge in [0.05, 0.1) is 0 Å². The van der Waals surface area contributed by atoms with Crippen molar-refractivity contribution in [3.8, 4) is 11.3 Å². The normalized spacial score (nSPS) is 11.4. The number of carboxylic acid groups (broad SMARTS) is 1. The van der Waals surface area contributed by atoms with Gasteiger partial charge in [0, 0.05) is 10.9 Å². The Morgan fingerprint density at radius 3 is 2.48 bits per heavy atom. The maximum Gasteiger partial charge on any atom is 0.471 e. The number of carboxylic acids is 1. The minimum atomic E-state index is -5.10. The van der Waals surface area contributed by atoms with E-state index in [4.69, 9.17) is 9.52 Å². The minimum Gasteiger partial charge on any atom is -0.478 e. The zero-order chi connectivity index (χ0) is 15.8. The van der Waals surface area contributed by atoms with Crippen molar-refractivity contribution in [2.75, 3.05) is 5.32 Å². The van der Waals surface area contributed by atoms with Crippen LogP contribution in [0.25, 0.3) is 11.3 Å². The number of halogens is 3. The standard InChI is InChI=1S/C12H8F3NO4S/c1-5-2-3-7(20-5)6-4-21-9(8(6)10(17)18)16-11(19)12(13,14)15/h2-4H,1H3,(H,16,19)(H,17,18). The van der Waals surface area contributed by atoms with Crippen LogP contribution in [0.2, 0.25) is 0 Å². The second-order valence-corrected chi connectivity index (χ2v) is 4.90. The summed E-state index contributed by atoms with van der Waals surface area (Å²) in [7, 11) is 0. The summed E-state index contributed by atoms with van der Waals surface area (Å²) in [5.74, 6) is -2.96. The first-order valence-corrected chi connectivity index (χ1v) is 6.38. The Bertz CT molecular complexity index is 702. The van der Waals surface area contributed by atoms with Gasteiger partial charge in [0.2, 0.25) is 0 Å². The molecule has 0 bridgehead atoms. The molecule has 2 heterocycles. The fourth-order valence-electron chi connectivity index (χ4n) is 1.60. The van der Waals surface area contributed by atoms with E-state index < -0.39 is 28.6 Å². The number of hydrogen-bond donors (Lipinski definition) is 2. The molecule has 112 valence electrons. The molecule has 0 unspecified atom stereocenters. The van der Waals surface area contributed by atoms with E-state index in [1.807, 2.05) is 0 Å². The van der Waals surface area contributed by atoms with Crippen molar-refractivity contribution in [1.29, 1.82) is 0 Å². The summed E-state index contributed by atoms with van der Waals surface area (Å²) in [4.78, 5) is 22.2. The Labute approximate surface area is 120 Å². The van der Waals surface area contributed by atoms with E-state index in [2.05, 4.69) is 0 Å². The fourth-order valence-corrected chi connectivity index (χ4v) is 2.53. The molecule has 2 rings (SSSR count). The Kier molecular flexibility index (Phi) is 3.77. The van der Waals surface area contributed by atoms with Gasteiger partial charge in [0.25, 0.3) is 0 Å². The Balaban J connectivity index is 2.43. The molecule has 0 aromatic carbocycles. The number of thiophene rings is 1. The van der Waals surface area contributed by atoms with Gasteiger partial charge in [-0.15, -0.1) is 11.3 Å². The van der Waals surface area contributed by atoms with E-state index in [0.717, 1.165) is 0 Å². The maximum absolute atomic E-state index is 12.2. The molecule has 0 aliphatic carbocycles. The molecule has 0 spiro atoms. The third kappa shape index (κ3) is 3.07. The van der Waals surface area contributed by atoms with Gasteiger partial charge in [-0.05, 0) is 19.1 Å². The van der Waals surface area contributed by atoms with Gasteiger partial charge in [-0.1, -0.05) is 0 Å². The van der Waals surface area contributed by atoms with Crippen LogP contribution in [0, 0.1) is 6.92 Å². The van der Waals surface area contributed by atoms with Crippen LogP contribution in [-0.2, 0) is 4.79 Å². The molecule has 0 saturated carbocycles. The largest absolute Gasteiger partial charge is 0.478 e. The zero-order valence-corrected chi connectivity index (χ0v) is 11.3. The highest BCUT2D eigenvalue weighted by Gasteiger charge is 2.39. The first-order chi connectivity index (χ1) is 9.70. The number of carbonyl (C=O) groups is 2. The van der Waals surface area contributed by atoms with Gasteiger partial charge in [-0.2, -0.15) is 13.2 Å². The molecule has 2 aromatic heterocycles. The van der Waals surface area contributed by atoms with Gasteiger partial charge in [-0.25, -0.2) is 4.79 Å². The van der Waals surface area contributed by atoms with E-state index in [0.29, 0.717) is 17.1 Å². The topological polar surface area (TPSA) is 79.5 Å². The lowest BCUT2D eigenvalue weighted by atomic mass is 10.1. The first kappa shape index (κ1) is 15.1. The molecular weight excluding hydrogens is 311 g/mol. The van der Waals surface area contributed by atoms with Crippen LogP contribution < -0.4 is 5.32 Å². The highest BCUT2D eigenvalue weighted by Crippen LogP contribution is 2.37. The van der Waals surface area contributed by atoms with Gasteiger partial charge < -0.3 is 14.8 Å². The molecular formula is C12H8F3NO4S. The van der Waals surface area contributed by atoms with Crippen LogP contribution in [0.15, 0.2) is 21.9 Å². The first-order valence-electron chi connectivity index (χ1n) is 5.50. The lowest BCUT2D eigenvalue weighted by molar-refractivity contribution is -0.167. The molecule has 0 aliphatic rings. The van der Waals surface area contributed by atoms with E-state index in [-0.39, 0.29) is 11.3 Å². The van der Waals surface area contributed by atoms with E-state index in [9.17, 15) is 22.8 Å². The summed E-state index contributed by atoms with van der Waals surface area (Å²) in [5, 5.41) is 11.6. The molecule has 0 saturated heterocycles. The Morgan fingerprint density at radius 2 is 2.00 bits per heavy atom. The van der Waals surface area contributed by atoms with Crippen LogP contribution in [0.5, 0.6) is 0 Å². The predicted molar refractivity (Wildman–Crippen MR) is 68.4 cm³/mol. The highest BCUT2D eigenvalue weighted by atomic mass is 32.1. The molecule has 9 heteroatoms. The number of carbonyl (C=O) groups excluding carboxylic acids is 1. The summed E-state index contributed by atoms with van der Waals surface area (Å²) < 4.78 is 41.9. The lowest BCUT2D eigenvalue weighted by Crippen LogP contribution is -2.30. The molecule has 5 nitrogen and oxygen atoms in total. The number of alkyl halides is 3. The van der Waals surface area contributed by atoms with Crippen molar-refractivity contribution < 1.29 is 32.3 Å². The fraction of sp³-hybridized carbons (Fsp3) is 0.167. The molecule has 2 N–H and O–H groups in total. The summed E-state index contributed by atoms with van der Waals surface area (Å²) in [6.07, 6.45) is -5.10. The predicted octanol–water partition coefficient (Wildman–Crippen LogP) is 3.52. The number of aromatic carboxylic acids is 1. The highest BCUT2D eigenvalue weighted by molar-refractivity contribution is 7.15. The van der Waals surface area contributed by atoms with Crippen molar-refractivity contribution in [2.45, 2.75) is 13.1 Å². The Morgan fingerprint density at radius 1 is 1.33 bits per heavy atom. The third-order valence-corrected chi connectivity index (χ3v) is 3.39. The van der Waals surface area contributed by atoms with Gasteiger partial charge in [0.15, 0.2) is 0 Å². The molecule has 0 atom stereocenters. The minimum absolute atomic E-state index is 0.109. The monoisotopic (exact) mass is 319 g/mol. The van der Waals surface area contributed by atoms with E-state index >= 15 is 0 Å². The average Bonchev–Trinajstić information content (AvgIpc) is 2.93. The third-order valence-electron chi connectivity index (χ3n) is 2.50. The van der Waals surface area contributed by atoms with Crippen LogP contribution in [-0.4, -0.2) is 23.2 Å². The van der Waals surface area contributed by atoms with Crippen molar-refractivity contribution in [2.24, 2.45) is 0 Å². The summed E-state index contributed by atoms with van der Waals surface area (Å²) in [5.41, 5.74) is -0.329. The van der Waals surface area contributed by atoms with E-state index in [1.54, 1.807) is 18.3 Å². The second-order valence-electron chi connectivity index (χ2n) is 4.02. The number of aryl methyl sites for hydroxylation is 1. The number of nitrogens with one attached hydrogen (secondary N) is 1. The number of anilines is 1. The van der Waals surface area contributed by atoms with Crippen molar-refractivity contribution >= 4 is 28.2 Å². The second kappa shape index (κ2) is 5.24. The molecule has 2 aromatic rings. The van der Waals surface area contributed by atoms with Crippen LogP contribution in [0.1, 0.15) is 16.1 Å². The Hall–Kier alpha value is -2.29. The quantitative estimate of drug-likeness (QED) is 0.907. The van der Waals surface area contributed by atoms with E-state index in [1.165, 1.54) is 11.4 Å². The average molecular weight is 319 g/mol. The summed E-state index contributed by atoms with van der Waals surface area (Å²) >= 11 is 0.680. The smallest absolute Gasteiger partial charge is 0.471 e. The maximum atomic E-state index is 12.2. The summed E-state index contributed by atoms with van der Waals surface area (Å²) in [6, 6.07) is 3.09. The van der Waals surface area contributed by atoms with Gasteiger partial charge in [0.1, 0.15) is 22.1 Å². The van der Waals surface area contributed by atoms with Gasteiger partial charge in [-0.3, -0.25) is 4.79 Å². The van der Waals surface area contributed by atoms with Crippen LogP contribution >= 0.6 is 11.3 Å².